The van der Waals surface area contributed by atoms with Crippen LogP contribution in [0.4, 0.5) is 0 Å². The summed E-state index contributed by atoms with van der Waals surface area (Å²) in [6.45, 7) is 14.1. The SMILES string of the molecule is CSC(C)(C(C)C)C(C)C(C)C. The largest absolute Gasteiger partial charge is 0.158 e. The van der Waals surface area contributed by atoms with Crippen LogP contribution in [-0.2, 0) is 0 Å². The molecule has 0 aliphatic carbocycles. The number of hydrogen-bond donors (Lipinski definition) is 0. The average Bonchev–Trinajstić information content (AvgIpc) is 2.01. The van der Waals surface area contributed by atoms with Crippen molar-refractivity contribution in [3.8, 4) is 0 Å². The first-order valence-corrected chi connectivity index (χ1v) is 6.13. The first-order chi connectivity index (χ1) is 5.36. The van der Waals surface area contributed by atoms with Gasteiger partial charge in [-0.1, -0.05) is 34.6 Å². The molecule has 0 aromatic carbocycles. The lowest BCUT2D eigenvalue weighted by atomic mass is 9.79. The fourth-order valence-corrected chi connectivity index (χ4v) is 2.72. The summed E-state index contributed by atoms with van der Waals surface area (Å²) in [6.07, 6.45) is 2.24. The van der Waals surface area contributed by atoms with E-state index in [1.54, 1.807) is 0 Å². The molecule has 0 N–H and O–H groups in total. The van der Waals surface area contributed by atoms with E-state index in [1.165, 1.54) is 0 Å². The Morgan fingerprint density at radius 2 is 1.42 bits per heavy atom. The molecule has 0 fully saturated rings. The van der Waals surface area contributed by atoms with Gasteiger partial charge in [0, 0.05) is 4.75 Å². The lowest BCUT2D eigenvalue weighted by molar-refractivity contribution is 0.271. The molecule has 0 nitrogen and oxygen atoms in total. The Hall–Kier alpha value is 0.350. The lowest BCUT2D eigenvalue weighted by Gasteiger charge is -2.40. The zero-order valence-corrected chi connectivity index (χ0v) is 10.5. The van der Waals surface area contributed by atoms with E-state index in [1.807, 2.05) is 11.8 Å². The molecule has 12 heavy (non-hydrogen) atoms. The summed E-state index contributed by atoms with van der Waals surface area (Å²) >= 11 is 2.02. The minimum atomic E-state index is 0.439. The fourth-order valence-electron chi connectivity index (χ4n) is 1.61. The lowest BCUT2D eigenvalue weighted by Crippen LogP contribution is -2.37. The van der Waals surface area contributed by atoms with Crippen molar-refractivity contribution in [1.82, 2.24) is 0 Å². The number of hydrogen-bond acceptors (Lipinski definition) is 1. The highest BCUT2D eigenvalue weighted by Crippen LogP contribution is 2.41. The Bertz CT molecular complexity index is 129. The van der Waals surface area contributed by atoms with Crippen LogP contribution in [-0.4, -0.2) is 11.0 Å². The highest BCUT2D eigenvalue weighted by molar-refractivity contribution is 8.00. The van der Waals surface area contributed by atoms with Gasteiger partial charge >= 0.3 is 0 Å². The molecule has 2 unspecified atom stereocenters. The summed E-state index contributed by atoms with van der Waals surface area (Å²) in [7, 11) is 0. The quantitative estimate of drug-likeness (QED) is 0.641. The summed E-state index contributed by atoms with van der Waals surface area (Å²) < 4.78 is 0.439. The van der Waals surface area contributed by atoms with Gasteiger partial charge in [0.25, 0.3) is 0 Å². The van der Waals surface area contributed by atoms with Crippen molar-refractivity contribution in [2.24, 2.45) is 17.8 Å². The standard InChI is InChI=1S/C11H24S/c1-8(2)10(5)11(6,12-7)9(3)4/h8-10H,1-7H3. The molecule has 0 bridgehead atoms. The van der Waals surface area contributed by atoms with Gasteiger partial charge in [0.15, 0.2) is 0 Å². The van der Waals surface area contributed by atoms with Crippen molar-refractivity contribution in [1.29, 1.82) is 0 Å². The van der Waals surface area contributed by atoms with E-state index in [2.05, 4.69) is 47.8 Å². The molecule has 0 aromatic heterocycles. The molecule has 0 amide bonds. The Labute approximate surface area is 82.5 Å². The van der Waals surface area contributed by atoms with Crippen LogP contribution in [0.1, 0.15) is 41.5 Å². The topological polar surface area (TPSA) is 0 Å². The number of thioether (sulfide) groups is 1. The summed E-state index contributed by atoms with van der Waals surface area (Å²) in [5, 5.41) is 0. The predicted molar refractivity (Wildman–Crippen MR) is 60.8 cm³/mol. The average molecular weight is 188 g/mol. The Morgan fingerprint density at radius 1 is 1.00 bits per heavy atom. The van der Waals surface area contributed by atoms with E-state index in [-0.39, 0.29) is 0 Å². The molecular weight excluding hydrogens is 164 g/mol. The third-order valence-electron chi connectivity index (χ3n) is 3.49. The zero-order valence-electron chi connectivity index (χ0n) is 9.64. The number of rotatable bonds is 4. The minimum Gasteiger partial charge on any atom is -0.158 e. The van der Waals surface area contributed by atoms with E-state index in [0.717, 1.165) is 17.8 Å². The molecule has 0 aromatic rings. The monoisotopic (exact) mass is 188 g/mol. The van der Waals surface area contributed by atoms with Gasteiger partial charge in [-0.2, -0.15) is 11.8 Å². The third-order valence-corrected chi connectivity index (χ3v) is 5.21. The van der Waals surface area contributed by atoms with Crippen LogP contribution in [0.2, 0.25) is 0 Å². The normalized spacial score (nSPS) is 19.8. The minimum absolute atomic E-state index is 0.439. The molecule has 0 aliphatic heterocycles. The first kappa shape index (κ1) is 12.3. The molecule has 0 radical (unpaired) electrons. The second-order valence-electron chi connectivity index (χ2n) is 4.58. The Morgan fingerprint density at radius 3 is 1.50 bits per heavy atom. The van der Waals surface area contributed by atoms with Crippen LogP contribution in [0, 0.1) is 17.8 Å². The summed E-state index contributed by atoms with van der Waals surface area (Å²) in [5.41, 5.74) is 0. The van der Waals surface area contributed by atoms with Crippen molar-refractivity contribution in [3.63, 3.8) is 0 Å². The molecule has 0 saturated carbocycles. The van der Waals surface area contributed by atoms with E-state index in [4.69, 9.17) is 0 Å². The molecule has 0 spiro atoms. The van der Waals surface area contributed by atoms with Crippen molar-refractivity contribution in [3.05, 3.63) is 0 Å². The van der Waals surface area contributed by atoms with Gasteiger partial charge in [0.05, 0.1) is 0 Å². The molecule has 74 valence electrons. The van der Waals surface area contributed by atoms with Crippen molar-refractivity contribution >= 4 is 11.8 Å². The van der Waals surface area contributed by atoms with Crippen LogP contribution in [0.3, 0.4) is 0 Å². The maximum absolute atomic E-state index is 2.40. The van der Waals surface area contributed by atoms with Crippen molar-refractivity contribution < 1.29 is 0 Å². The predicted octanol–water partition coefficient (Wildman–Crippen LogP) is 4.06. The van der Waals surface area contributed by atoms with Gasteiger partial charge in [-0.05, 0) is 30.9 Å². The smallest absolute Gasteiger partial charge is 0.0180 e. The molecule has 0 saturated heterocycles. The summed E-state index contributed by atoms with van der Waals surface area (Å²) in [6, 6.07) is 0. The van der Waals surface area contributed by atoms with E-state index < -0.39 is 0 Å². The zero-order chi connectivity index (χ0) is 9.94. The van der Waals surface area contributed by atoms with Crippen LogP contribution in [0.25, 0.3) is 0 Å². The van der Waals surface area contributed by atoms with Gasteiger partial charge in [-0.15, -0.1) is 0 Å². The van der Waals surface area contributed by atoms with E-state index >= 15 is 0 Å². The fraction of sp³-hybridized carbons (Fsp3) is 1.00. The van der Waals surface area contributed by atoms with Crippen molar-refractivity contribution in [2.45, 2.75) is 46.3 Å². The maximum Gasteiger partial charge on any atom is 0.0180 e. The molecular formula is C11H24S. The molecule has 1 heteroatoms. The first-order valence-electron chi connectivity index (χ1n) is 4.91. The third kappa shape index (κ3) is 2.42. The van der Waals surface area contributed by atoms with Crippen LogP contribution in [0.15, 0.2) is 0 Å². The van der Waals surface area contributed by atoms with Crippen molar-refractivity contribution in [2.75, 3.05) is 6.26 Å². The van der Waals surface area contributed by atoms with Crippen LogP contribution < -0.4 is 0 Å². The van der Waals surface area contributed by atoms with Crippen LogP contribution >= 0.6 is 11.8 Å². The van der Waals surface area contributed by atoms with E-state index in [9.17, 15) is 0 Å². The highest BCUT2D eigenvalue weighted by Gasteiger charge is 2.34. The van der Waals surface area contributed by atoms with Gasteiger partial charge < -0.3 is 0 Å². The maximum atomic E-state index is 2.40. The van der Waals surface area contributed by atoms with Crippen LogP contribution in [0.5, 0.6) is 0 Å². The van der Waals surface area contributed by atoms with Gasteiger partial charge in [-0.25, -0.2) is 0 Å². The molecule has 0 heterocycles. The second-order valence-corrected chi connectivity index (χ2v) is 5.86. The Balaban J connectivity index is 4.51. The van der Waals surface area contributed by atoms with Gasteiger partial charge in [0.1, 0.15) is 0 Å². The van der Waals surface area contributed by atoms with Gasteiger partial charge in [0.2, 0.25) is 0 Å². The summed E-state index contributed by atoms with van der Waals surface area (Å²) in [5.74, 6) is 2.32. The summed E-state index contributed by atoms with van der Waals surface area (Å²) in [4.78, 5) is 0. The molecule has 0 aliphatic rings. The van der Waals surface area contributed by atoms with Gasteiger partial charge in [-0.3, -0.25) is 0 Å². The molecule has 2 atom stereocenters. The van der Waals surface area contributed by atoms with E-state index in [0.29, 0.717) is 4.75 Å². The Kier molecular flexibility index (Phi) is 4.68. The molecule has 0 rings (SSSR count). The second kappa shape index (κ2) is 4.55. The highest BCUT2D eigenvalue weighted by atomic mass is 32.2.